The second-order valence-corrected chi connectivity index (χ2v) is 5.82. The second kappa shape index (κ2) is 7.04. The van der Waals surface area contributed by atoms with Crippen LogP contribution in [0.4, 0.5) is 5.69 Å². The van der Waals surface area contributed by atoms with E-state index in [9.17, 15) is 9.59 Å². The maximum atomic E-state index is 12.3. The molecule has 1 aromatic heterocycles. The molecule has 0 unspecified atom stereocenters. The Morgan fingerprint density at radius 3 is 2.48 bits per heavy atom. The molecule has 4 nitrogen and oxygen atoms in total. The molecule has 1 amide bonds. The Bertz CT molecular complexity index is 605. The fourth-order valence-electron chi connectivity index (χ4n) is 2.00. The van der Waals surface area contributed by atoms with Crippen molar-refractivity contribution >= 4 is 28.9 Å². The smallest absolute Gasteiger partial charge is 0.323 e. The highest BCUT2D eigenvalue weighted by Gasteiger charge is 2.18. The van der Waals surface area contributed by atoms with E-state index in [2.05, 4.69) is 0 Å². The molecule has 2 rings (SSSR count). The van der Waals surface area contributed by atoms with Crippen LogP contribution in [0.2, 0.25) is 0 Å². The summed E-state index contributed by atoms with van der Waals surface area (Å²) >= 11 is 1.60. The van der Waals surface area contributed by atoms with Crippen LogP contribution >= 0.6 is 11.3 Å². The molecule has 0 spiro atoms. The molecule has 0 bridgehead atoms. The molecule has 0 atom stereocenters. The first kappa shape index (κ1) is 15.3. The van der Waals surface area contributed by atoms with Gasteiger partial charge in [0.2, 0.25) is 5.91 Å². The molecule has 0 aliphatic rings. The van der Waals surface area contributed by atoms with Crippen LogP contribution in [0.15, 0.2) is 41.8 Å². The molecular formula is C16H17NO3S. The molecule has 0 radical (unpaired) electrons. The number of nitrogens with zero attached hydrogens (tertiary/aromatic N) is 1. The maximum absolute atomic E-state index is 12.3. The molecule has 0 saturated heterocycles. The number of carboxylic acid groups (broad SMARTS) is 1. The Labute approximate surface area is 127 Å². The quantitative estimate of drug-likeness (QED) is 0.892. The number of carbonyl (C=O) groups is 2. The standard InChI is InChI=1S/C16H17NO3S/c1-12-4-6-13(7-5-12)17(11-16(19)20)15(18)9-8-14-3-2-10-21-14/h2-7,10H,8-9,11H2,1H3,(H,19,20). The van der Waals surface area contributed by atoms with E-state index >= 15 is 0 Å². The number of amides is 1. The lowest BCUT2D eigenvalue weighted by Crippen LogP contribution is -2.35. The van der Waals surface area contributed by atoms with Crippen molar-refractivity contribution in [3.8, 4) is 0 Å². The van der Waals surface area contributed by atoms with Gasteiger partial charge in [0, 0.05) is 17.0 Å². The summed E-state index contributed by atoms with van der Waals surface area (Å²) in [5.41, 5.74) is 1.69. The number of aliphatic carboxylic acids is 1. The lowest BCUT2D eigenvalue weighted by Gasteiger charge is -2.21. The van der Waals surface area contributed by atoms with E-state index in [1.165, 1.54) is 4.90 Å². The minimum Gasteiger partial charge on any atom is -0.480 e. The molecule has 2 aromatic rings. The minimum absolute atomic E-state index is 0.172. The van der Waals surface area contributed by atoms with Gasteiger partial charge in [-0.2, -0.15) is 0 Å². The number of hydrogen-bond donors (Lipinski definition) is 1. The summed E-state index contributed by atoms with van der Waals surface area (Å²) in [5, 5.41) is 11.0. The summed E-state index contributed by atoms with van der Waals surface area (Å²) in [6, 6.07) is 11.2. The van der Waals surface area contributed by atoms with Crippen LogP contribution in [0, 0.1) is 6.92 Å². The molecule has 1 N–H and O–H groups in total. The fraction of sp³-hybridized carbons (Fsp3) is 0.250. The Balaban J connectivity index is 2.09. The summed E-state index contributed by atoms with van der Waals surface area (Å²) < 4.78 is 0. The number of rotatable bonds is 6. The Morgan fingerprint density at radius 2 is 1.90 bits per heavy atom. The van der Waals surface area contributed by atoms with Gasteiger partial charge in [-0.3, -0.25) is 9.59 Å². The zero-order valence-electron chi connectivity index (χ0n) is 11.8. The summed E-state index contributed by atoms with van der Waals surface area (Å²) in [6.45, 7) is 1.64. The van der Waals surface area contributed by atoms with Gasteiger partial charge in [0.05, 0.1) is 0 Å². The van der Waals surface area contributed by atoms with E-state index in [4.69, 9.17) is 5.11 Å². The van der Waals surface area contributed by atoms with E-state index < -0.39 is 5.97 Å². The van der Waals surface area contributed by atoms with Gasteiger partial charge in [-0.05, 0) is 36.9 Å². The highest BCUT2D eigenvalue weighted by atomic mass is 32.1. The normalized spacial score (nSPS) is 10.3. The van der Waals surface area contributed by atoms with Crippen molar-refractivity contribution in [2.24, 2.45) is 0 Å². The predicted molar refractivity (Wildman–Crippen MR) is 83.8 cm³/mol. The van der Waals surface area contributed by atoms with Crippen LogP contribution in [-0.4, -0.2) is 23.5 Å². The van der Waals surface area contributed by atoms with Crippen molar-refractivity contribution in [2.75, 3.05) is 11.4 Å². The summed E-state index contributed by atoms with van der Waals surface area (Å²) in [7, 11) is 0. The first-order valence-electron chi connectivity index (χ1n) is 6.67. The monoisotopic (exact) mass is 303 g/mol. The Morgan fingerprint density at radius 1 is 1.19 bits per heavy atom. The molecule has 0 aliphatic heterocycles. The van der Waals surface area contributed by atoms with Crippen molar-refractivity contribution < 1.29 is 14.7 Å². The lowest BCUT2D eigenvalue weighted by atomic mass is 10.2. The number of thiophene rings is 1. The lowest BCUT2D eigenvalue weighted by molar-refractivity contribution is -0.136. The number of anilines is 1. The summed E-state index contributed by atoms with van der Waals surface area (Å²) in [4.78, 5) is 25.8. The number of aryl methyl sites for hydroxylation is 2. The van der Waals surface area contributed by atoms with E-state index in [1.54, 1.807) is 23.5 Å². The van der Waals surface area contributed by atoms with E-state index in [-0.39, 0.29) is 12.5 Å². The van der Waals surface area contributed by atoms with Crippen LogP contribution in [0.1, 0.15) is 16.9 Å². The molecule has 0 aliphatic carbocycles. The Kier molecular flexibility index (Phi) is 5.11. The van der Waals surface area contributed by atoms with E-state index in [0.29, 0.717) is 18.5 Å². The van der Waals surface area contributed by atoms with Crippen LogP contribution in [0.5, 0.6) is 0 Å². The van der Waals surface area contributed by atoms with Crippen molar-refractivity contribution in [3.63, 3.8) is 0 Å². The molecule has 5 heteroatoms. The summed E-state index contributed by atoms with van der Waals surface area (Å²) in [6.07, 6.45) is 0.945. The third-order valence-corrected chi connectivity index (χ3v) is 4.04. The molecule has 21 heavy (non-hydrogen) atoms. The molecule has 0 saturated carbocycles. The van der Waals surface area contributed by atoms with Crippen molar-refractivity contribution in [1.29, 1.82) is 0 Å². The third-order valence-electron chi connectivity index (χ3n) is 3.11. The zero-order chi connectivity index (χ0) is 15.2. The van der Waals surface area contributed by atoms with E-state index in [0.717, 1.165) is 10.4 Å². The number of benzene rings is 1. The maximum Gasteiger partial charge on any atom is 0.323 e. The van der Waals surface area contributed by atoms with Gasteiger partial charge >= 0.3 is 5.97 Å². The van der Waals surface area contributed by atoms with E-state index in [1.807, 2.05) is 36.6 Å². The van der Waals surface area contributed by atoms with Gasteiger partial charge in [0.15, 0.2) is 0 Å². The molecule has 0 fully saturated rings. The number of carbonyl (C=O) groups excluding carboxylic acids is 1. The largest absolute Gasteiger partial charge is 0.480 e. The second-order valence-electron chi connectivity index (χ2n) is 4.79. The van der Waals surface area contributed by atoms with Gasteiger partial charge in [0.25, 0.3) is 0 Å². The van der Waals surface area contributed by atoms with Crippen molar-refractivity contribution in [3.05, 3.63) is 52.2 Å². The van der Waals surface area contributed by atoms with Crippen LogP contribution in [-0.2, 0) is 16.0 Å². The average molecular weight is 303 g/mol. The van der Waals surface area contributed by atoms with Gasteiger partial charge in [0.1, 0.15) is 6.54 Å². The zero-order valence-corrected chi connectivity index (χ0v) is 12.6. The van der Waals surface area contributed by atoms with Crippen molar-refractivity contribution in [2.45, 2.75) is 19.8 Å². The van der Waals surface area contributed by atoms with Gasteiger partial charge in [-0.1, -0.05) is 23.8 Å². The predicted octanol–water partition coefficient (Wildman–Crippen LogP) is 3.11. The molecule has 110 valence electrons. The fourth-order valence-corrected chi connectivity index (χ4v) is 2.71. The van der Waals surface area contributed by atoms with Crippen LogP contribution in [0.25, 0.3) is 0 Å². The Hall–Kier alpha value is -2.14. The molecule has 1 aromatic carbocycles. The first-order valence-corrected chi connectivity index (χ1v) is 7.55. The topological polar surface area (TPSA) is 57.6 Å². The molecular weight excluding hydrogens is 286 g/mol. The first-order chi connectivity index (χ1) is 10.1. The highest BCUT2D eigenvalue weighted by molar-refractivity contribution is 7.09. The van der Waals surface area contributed by atoms with Gasteiger partial charge in [-0.15, -0.1) is 11.3 Å². The van der Waals surface area contributed by atoms with Gasteiger partial charge < -0.3 is 10.0 Å². The minimum atomic E-state index is -1.01. The third kappa shape index (κ3) is 4.43. The van der Waals surface area contributed by atoms with Crippen molar-refractivity contribution in [1.82, 2.24) is 0 Å². The average Bonchev–Trinajstić information content (AvgIpc) is 2.96. The van der Waals surface area contributed by atoms with Crippen LogP contribution in [0.3, 0.4) is 0 Å². The SMILES string of the molecule is Cc1ccc(N(CC(=O)O)C(=O)CCc2cccs2)cc1. The molecule has 1 heterocycles. The number of hydrogen-bond acceptors (Lipinski definition) is 3. The van der Waals surface area contributed by atoms with Gasteiger partial charge in [-0.25, -0.2) is 0 Å². The number of carboxylic acids is 1. The summed E-state index contributed by atoms with van der Waals surface area (Å²) in [5.74, 6) is -1.19. The van der Waals surface area contributed by atoms with Crippen LogP contribution < -0.4 is 4.90 Å². The highest BCUT2D eigenvalue weighted by Crippen LogP contribution is 2.18.